The van der Waals surface area contributed by atoms with Crippen molar-refractivity contribution in [2.45, 2.75) is 12.8 Å². The van der Waals surface area contributed by atoms with Crippen LogP contribution in [-0.4, -0.2) is 21.3 Å². The smallest absolute Gasteiger partial charge is 0.127 e. The molecule has 0 amide bonds. The van der Waals surface area contributed by atoms with Gasteiger partial charge in [-0.1, -0.05) is 0 Å². The predicted molar refractivity (Wildman–Crippen MR) is 46.3 cm³/mol. The van der Waals surface area contributed by atoms with Crippen molar-refractivity contribution in [3.8, 4) is 0 Å². The van der Waals surface area contributed by atoms with E-state index in [9.17, 15) is 0 Å². The first kappa shape index (κ1) is 8.74. The Balaban J connectivity index is 2.67. The molecule has 0 aromatic carbocycles. The maximum atomic E-state index is 8.60. The van der Waals surface area contributed by atoms with Gasteiger partial charge in [0.15, 0.2) is 0 Å². The molecule has 3 nitrogen and oxygen atoms in total. The minimum absolute atomic E-state index is 0.234. The van der Waals surface area contributed by atoms with Crippen LogP contribution in [0.2, 0.25) is 0 Å². The first-order chi connectivity index (χ1) is 5.25. The maximum Gasteiger partial charge on any atom is 0.127 e. The lowest BCUT2D eigenvalue weighted by Gasteiger charge is -2.00. The molecule has 0 aliphatic rings. The van der Waals surface area contributed by atoms with Crippen LogP contribution in [0.1, 0.15) is 12.1 Å². The summed E-state index contributed by atoms with van der Waals surface area (Å²) >= 11 is 3.33. The number of aliphatic hydroxyl groups excluding tert-OH is 1. The second-order valence-corrected chi connectivity index (χ2v) is 3.17. The topological polar surface area (TPSA) is 38.0 Å². The van der Waals surface area contributed by atoms with E-state index >= 15 is 0 Å². The van der Waals surface area contributed by atoms with Crippen molar-refractivity contribution in [1.29, 1.82) is 0 Å². The molecule has 1 aromatic rings. The molecular formula is C7H11BrN2O. The van der Waals surface area contributed by atoms with Gasteiger partial charge in [0.25, 0.3) is 0 Å². The van der Waals surface area contributed by atoms with Crippen LogP contribution in [0.3, 0.4) is 0 Å². The molecule has 1 rings (SSSR count). The Bertz CT molecular complexity index is 215. The average molecular weight is 219 g/mol. The molecule has 1 N–H and O–H groups in total. The van der Waals surface area contributed by atoms with Crippen LogP contribution < -0.4 is 0 Å². The highest BCUT2D eigenvalue weighted by molar-refractivity contribution is 9.10. The van der Waals surface area contributed by atoms with Crippen molar-refractivity contribution in [2.75, 3.05) is 6.61 Å². The van der Waals surface area contributed by atoms with Crippen LogP contribution in [0.25, 0.3) is 0 Å². The lowest BCUT2D eigenvalue weighted by Crippen LogP contribution is -1.97. The van der Waals surface area contributed by atoms with Gasteiger partial charge in [-0.05, 0) is 28.8 Å². The van der Waals surface area contributed by atoms with Crippen LogP contribution in [0.4, 0.5) is 0 Å². The summed E-state index contributed by atoms with van der Waals surface area (Å²) in [5, 5.41) is 8.60. The Morgan fingerprint density at radius 1 is 1.73 bits per heavy atom. The van der Waals surface area contributed by atoms with Gasteiger partial charge in [0.05, 0.1) is 12.0 Å². The number of nitrogens with zero attached hydrogens (tertiary/aromatic N) is 2. The average Bonchev–Trinajstić information content (AvgIpc) is 2.29. The molecule has 0 saturated heterocycles. The summed E-state index contributed by atoms with van der Waals surface area (Å²) in [7, 11) is 1.95. The second-order valence-electron chi connectivity index (χ2n) is 2.42. The number of hydrogen-bond acceptors (Lipinski definition) is 2. The van der Waals surface area contributed by atoms with E-state index in [0.717, 1.165) is 23.1 Å². The summed E-state index contributed by atoms with van der Waals surface area (Å²) < 4.78 is 2.84. The van der Waals surface area contributed by atoms with E-state index < -0.39 is 0 Å². The van der Waals surface area contributed by atoms with Crippen molar-refractivity contribution in [2.24, 2.45) is 7.05 Å². The summed E-state index contributed by atoms with van der Waals surface area (Å²) in [6.07, 6.45) is 3.42. The van der Waals surface area contributed by atoms with Crippen molar-refractivity contribution < 1.29 is 5.11 Å². The highest BCUT2D eigenvalue weighted by atomic mass is 79.9. The van der Waals surface area contributed by atoms with Crippen LogP contribution in [-0.2, 0) is 13.5 Å². The number of aryl methyl sites for hydroxylation is 1. The van der Waals surface area contributed by atoms with E-state index in [1.807, 2.05) is 11.6 Å². The molecule has 0 saturated carbocycles. The fraction of sp³-hybridized carbons (Fsp3) is 0.571. The van der Waals surface area contributed by atoms with Gasteiger partial charge in [-0.3, -0.25) is 0 Å². The third-order valence-electron chi connectivity index (χ3n) is 1.58. The van der Waals surface area contributed by atoms with Gasteiger partial charge < -0.3 is 9.67 Å². The molecule has 0 spiro atoms. The Morgan fingerprint density at radius 3 is 2.91 bits per heavy atom. The molecule has 1 aromatic heterocycles. The van der Waals surface area contributed by atoms with Gasteiger partial charge in [-0.25, -0.2) is 4.98 Å². The molecule has 4 heteroatoms. The Morgan fingerprint density at radius 2 is 2.45 bits per heavy atom. The number of aliphatic hydroxyl groups is 1. The summed E-state index contributed by atoms with van der Waals surface area (Å²) in [4.78, 5) is 4.07. The van der Waals surface area contributed by atoms with Crippen molar-refractivity contribution in [3.05, 3.63) is 16.6 Å². The Kier molecular flexibility index (Phi) is 3.08. The summed E-state index contributed by atoms with van der Waals surface area (Å²) in [5.74, 6) is 0. The zero-order chi connectivity index (χ0) is 8.27. The molecule has 0 atom stereocenters. The van der Waals surface area contributed by atoms with Gasteiger partial charge in [-0.15, -0.1) is 0 Å². The van der Waals surface area contributed by atoms with Crippen molar-refractivity contribution in [1.82, 2.24) is 9.55 Å². The lowest BCUT2D eigenvalue weighted by molar-refractivity contribution is 0.287. The largest absolute Gasteiger partial charge is 0.396 e. The fourth-order valence-electron chi connectivity index (χ4n) is 0.953. The van der Waals surface area contributed by atoms with Crippen LogP contribution in [0.5, 0.6) is 0 Å². The van der Waals surface area contributed by atoms with E-state index in [2.05, 4.69) is 20.9 Å². The third kappa shape index (κ3) is 2.04. The molecule has 11 heavy (non-hydrogen) atoms. The maximum absolute atomic E-state index is 8.60. The van der Waals surface area contributed by atoms with Crippen molar-refractivity contribution >= 4 is 15.9 Å². The van der Waals surface area contributed by atoms with E-state index in [-0.39, 0.29) is 6.61 Å². The van der Waals surface area contributed by atoms with Gasteiger partial charge in [0.2, 0.25) is 0 Å². The SMILES string of the molecule is Cn1cnc(Br)c1CCCO. The number of hydrogen-bond donors (Lipinski definition) is 1. The third-order valence-corrected chi connectivity index (χ3v) is 2.24. The van der Waals surface area contributed by atoms with Gasteiger partial charge in [0.1, 0.15) is 4.60 Å². The predicted octanol–water partition coefficient (Wildman–Crippen LogP) is 1.11. The van der Waals surface area contributed by atoms with Crippen LogP contribution in [0, 0.1) is 0 Å². The fourth-order valence-corrected chi connectivity index (χ4v) is 1.52. The van der Waals surface area contributed by atoms with Crippen molar-refractivity contribution in [3.63, 3.8) is 0 Å². The number of imidazole rings is 1. The first-order valence-corrected chi connectivity index (χ1v) is 4.31. The zero-order valence-corrected chi connectivity index (χ0v) is 8.00. The molecule has 0 unspecified atom stereocenters. The molecule has 0 radical (unpaired) electrons. The molecule has 62 valence electrons. The molecular weight excluding hydrogens is 208 g/mol. The quantitative estimate of drug-likeness (QED) is 0.826. The van der Waals surface area contributed by atoms with E-state index in [4.69, 9.17) is 5.11 Å². The summed E-state index contributed by atoms with van der Waals surface area (Å²) in [6, 6.07) is 0. The first-order valence-electron chi connectivity index (χ1n) is 3.52. The van der Waals surface area contributed by atoms with Gasteiger partial charge in [-0.2, -0.15) is 0 Å². The molecule has 0 fully saturated rings. The molecule has 0 aliphatic heterocycles. The molecule has 0 aliphatic carbocycles. The standard InChI is InChI=1S/C7H11BrN2O/c1-10-5-9-7(8)6(10)3-2-4-11/h5,11H,2-4H2,1H3. The van der Waals surface area contributed by atoms with Crippen LogP contribution >= 0.6 is 15.9 Å². The van der Waals surface area contributed by atoms with E-state index in [1.165, 1.54) is 0 Å². The van der Waals surface area contributed by atoms with Gasteiger partial charge >= 0.3 is 0 Å². The summed E-state index contributed by atoms with van der Waals surface area (Å²) in [5.41, 5.74) is 1.14. The van der Waals surface area contributed by atoms with Gasteiger partial charge in [0, 0.05) is 13.7 Å². The summed E-state index contributed by atoms with van der Waals surface area (Å²) in [6.45, 7) is 0.234. The minimum Gasteiger partial charge on any atom is -0.396 e. The van der Waals surface area contributed by atoms with E-state index in [1.54, 1.807) is 6.33 Å². The Hall–Kier alpha value is -0.350. The van der Waals surface area contributed by atoms with Crippen LogP contribution in [0.15, 0.2) is 10.9 Å². The number of halogens is 1. The highest BCUT2D eigenvalue weighted by Crippen LogP contribution is 2.14. The number of aromatic nitrogens is 2. The number of rotatable bonds is 3. The zero-order valence-electron chi connectivity index (χ0n) is 6.42. The van der Waals surface area contributed by atoms with E-state index in [0.29, 0.717) is 0 Å². The minimum atomic E-state index is 0.234. The normalized spacial score (nSPS) is 10.5. The molecule has 1 heterocycles. The molecule has 0 bridgehead atoms. The lowest BCUT2D eigenvalue weighted by atomic mass is 10.2. The highest BCUT2D eigenvalue weighted by Gasteiger charge is 2.03. The Labute approximate surface area is 74.2 Å². The monoisotopic (exact) mass is 218 g/mol. The second kappa shape index (κ2) is 3.88.